The van der Waals surface area contributed by atoms with E-state index in [2.05, 4.69) is 70.0 Å². The molecular weight excluding hydrogens is 374 g/mol. The zero-order valence-corrected chi connectivity index (χ0v) is 17.7. The summed E-state index contributed by atoms with van der Waals surface area (Å²) in [7, 11) is 0. The number of aryl methyl sites for hydroxylation is 1. The first-order valence-electron chi connectivity index (χ1n) is 9.87. The van der Waals surface area contributed by atoms with Crippen molar-refractivity contribution in [3.8, 4) is 0 Å². The molecule has 1 saturated heterocycles. The molecule has 0 saturated carbocycles. The van der Waals surface area contributed by atoms with Gasteiger partial charge < -0.3 is 15.0 Å². The number of hydrogen-bond donors (Lipinski definition) is 1. The van der Waals surface area contributed by atoms with Gasteiger partial charge >= 0.3 is 0 Å². The molecule has 1 aliphatic heterocycles. The standard InChI is InChI=1S/C20H29N5O2S/c1-4-17(16-8-6-15(3)7-9-16)21-18(26)14-28-20-23-22-19(25(20)5-2)24-10-12-27-13-11-24/h6-9,17H,4-5,10-14H2,1-3H3,(H,21,26)/t17-/m0/s1. The molecule has 0 aliphatic carbocycles. The van der Waals surface area contributed by atoms with E-state index < -0.39 is 0 Å². The van der Waals surface area contributed by atoms with E-state index in [0.29, 0.717) is 19.0 Å². The van der Waals surface area contributed by atoms with Gasteiger partial charge in [-0.15, -0.1) is 10.2 Å². The fraction of sp³-hybridized carbons (Fsp3) is 0.550. The molecular formula is C20H29N5O2S. The van der Waals surface area contributed by atoms with Crippen LogP contribution in [-0.4, -0.2) is 52.7 Å². The Morgan fingerprint density at radius 1 is 1.21 bits per heavy atom. The first-order chi connectivity index (χ1) is 13.6. The summed E-state index contributed by atoms with van der Waals surface area (Å²) in [6.07, 6.45) is 0.853. The Labute approximate surface area is 170 Å². The lowest BCUT2D eigenvalue weighted by atomic mass is 10.0. The van der Waals surface area contributed by atoms with Gasteiger partial charge in [-0.2, -0.15) is 0 Å². The van der Waals surface area contributed by atoms with E-state index in [1.165, 1.54) is 17.3 Å². The lowest BCUT2D eigenvalue weighted by Crippen LogP contribution is -2.38. The predicted octanol–water partition coefficient (Wildman–Crippen LogP) is 2.80. The molecule has 2 heterocycles. The summed E-state index contributed by atoms with van der Waals surface area (Å²) in [4.78, 5) is 14.7. The van der Waals surface area contributed by atoms with Crippen molar-refractivity contribution in [2.24, 2.45) is 0 Å². The number of amides is 1. The Hall–Kier alpha value is -2.06. The maximum atomic E-state index is 12.5. The van der Waals surface area contributed by atoms with Crippen molar-refractivity contribution in [2.45, 2.75) is 44.9 Å². The van der Waals surface area contributed by atoms with Crippen LogP contribution < -0.4 is 10.2 Å². The molecule has 1 aromatic carbocycles. The lowest BCUT2D eigenvalue weighted by molar-refractivity contribution is -0.119. The van der Waals surface area contributed by atoms with Gasteiger partial charge in [-0.05, 0) is 25.8 Å². The van der Waals surface area contributed by atoms with E-state index in [4.69, 9.17) is 4.74 Å². The topological polar surface area (TPSA) is 72.3 Å². The van der Waals surface area contributed by atoms with Gasteiger partial charge in [0.15, 0.2) is 5.16 Å². The molecule has 1 fully saturated rings. The number of anilines is 1. The highest BCUT2D eigenvalue weighted by molar-refractivity contribution is 7.99. The monoisotopic (exact) mass is 403 g/mol. The van der Waals surface area contributed by atoms with Crippen molar-refractivity contribution in [3.63, 3.8) is 0 Å². The number of morpholine rings is 1. The number of hydrogen-bond acceptors (Lipinski definition) is 6. The quantitative estimate of drug-likeness (QED) is 0.684. The summed E-state index contributed by atoms with van der Waals surface area (Å²) < 4.78 is 7.48. The Morgan fingerprint density at radius 2 is 1.93 bits per heavy atom. The minimum absolute atomic E-state index is 0.0102. The molecule has 3 rings (SSSR count). The molecule has 0 radical (unpaired) electrons. The van der Waals surface area contributed by atoms with Crippen molar-refractivity contribution in [1.29, 1.82) is 0 Å². The SMILES string of the molecule is CC[C@H](NC(=O)CSc1nnc(N2CCOCC2)n1CC)c1ccc(C)cc1. The van der Waals surface area contributed by atoms with Gasteiger partial charge in [-0.3, -0.25) is 9.36 Å². The van der Waals surface area contributed by atoms with E-state index in [1.807, 2.05) is 0 Å². The number of nitrogens with zero attached hydrogens (tertiary/aromatic N) is 4. The second-order valence-electron chi connectivity index (χ2n) is 6.85. The van der Waals surface area contributed by atoms with Crippen molar-refractivity contribution in [2.75, 3.05) is 37.0 Å². The van der Waals surface area contributed by atoms with Gasteiger partial charge in [0.25, 0.3) is 0 Å². The molecule has 0 bridgehead atoms. The van der Waals surface area contributed by atoms with Crippen LogP contribution >= 0.6 is 11.8 Å². The Kier molecular flexibility index (Phi) is 7.33. The Morgan fingerprint density at radius 3 is 2.57 bits per heavy atom. The van der Waals surface area contributed by atoms with Crippen LogP contribution in [0.2, 0.25) is 0 Å². The van der Waals surface area contributed by atoms with Crippen molar-refractivity contribution in [3.05, 3.63) is 35.4 Å². The van der Waals surface area contributed by atoms with Crippen LogP contribution in [0.3, 0.4) is 0 Å². The third-order valence-electron chi connectivity index (χ3n) is 4.86. The van der Waals surface area contributed by atoms with Crippen LogP contribution in [0, 0.1) is 6.92 Å². The normalized spacial score (nSPS) is 15.5. The van der Waals surface area contributed by atoms with Gasteiger partial charge in [0.1, 0.15) is 0 Å². The molecule has 2 aromatic rings. The number of benzene rings is 1. The van der Waals surface area contributed by atoms with Gasteiger partial charge in [0, 0.05) is 19.6 Å². The number of carbonyl (C=O) groups is 1. The average Bonchev–Trinajstić information content (AvgIpc) is 3.15. The molecule has 1 aromatic heterocycles. The summed E-state index contributed by atoms with van der Waals surface area (Å²) in [5.74, 6) is 1.19. The second kappa shape index (κ2) is 9.93. The van der Waals surface area contributed by atoms with E-state index in [-0.39, 0.29) is 11.9 Å². The van der Waals surface area contributed by atoms with Crippen molar-refractivity contribution < 1.29 is 9.53 Å². The third kappa shape index (κ3) is 5.05. The maximum Gasteiger partial charge on any atom is 0.230 e. The molecule has 8 heteroatoms. The minimum Gasteiger partial charge on any atom is -0.378 e. The molecule has 1 aliphatic rings. The van der Waals surface area contributed by atoms with Crippen LogP contribution in [0.5, 0.6) is 0 Å². The predicted molar refractivity (Wildman–Crippen MR) is 112 cm³/mol. The highest BCUT2D eigenvalue weighted by Crippen LogP contribution is 2.23. The molecule has 0 unspecified atom stereocenters. The second-order valence-corrected chi connectivity index (χ2v) is 7.80. The summed E-state index contributed by atoms with van der Waals surface area (Å²) in [5, 5.41) is 12.6. The lowest BCUT2D eigenvalue weighted by Gasteiger charge is -2.27. The number of thioether (sulfide) groups is 1. The first kappa shape index (κ1) is 20.7. The van der Waals surface area contributed by atoms with Crippen LogP contribution in [-0.2, 0) is 16.1 Å². The van der Waals surface area contributed by atoms with E-state index in [0.717, 1.165) is 42.7 Å². The molecule has 28 heavy (non-hydrogen) atoms. The maximum absolute atomic E-state index is 12.5. The Balaban J connectivity index is 1.59. The van der Waals surface area contributed by atoms with Crippen LogP contribution in [0.1, 0.15) is 37.4 Å². The molecule has 1 amide bonds. The van der Waals surface area contributed by atoms with Crippen LogP contribution in [0.15, 0.2) is 29.4 Å². The molecule has 7 nitrogen and oxygen atoms in total. The smallest absolute Gasteiger partial charge is 0.230 e. The molecule has 152 valence electrons. The van der Waals surface area contributed by atoms with Gasteiger partial charge in [0.2, 0.25) is 11.9 Å². The van der Waals surface area contributed by atoms with E-state index >= 15 is 0 Å². The average molecular weight is 404 g/mol. The number of ether oxygens (including phenoxy) is 1. The fourth-order valence-corrected chi connectivity index (χ4v) is 4.06. The van der Waals surface area contributed by atoms with Gasteiger partial charge in [-0.25, -0.2) is 0 Å². The minimum atomic E-state index is 0.0102. The number of rotatable bonds is 8. The van der Waals surface area contributed by atoms with Gasteiger partial charge in [0.05, 0.1) is 25.0 Å². The highest BCUT2D eigenvalue weighted by Gasteiger charge is 2.21. The first-order valence-corrected chi connectivity index (χ1v) is 10.9. The Bertz CT molecular complexity index is 771. The fourth-order valence-electron chi connectivity index (χ4n) is 3.25. The van der Waals surface area contributed by atoms with Gasteiger partial charge in [-0.1, -0.05) is 48.5 Å². The largest absolute Gasteiger partial charge is 0.378 e. The summed E-state index contributed by atoms with van der Waals surface area (Å²) in [6, 6.07) is 8.35. The van der Waals surface area contributed by atoms with Crippen LogP contribution in [0.4, 0.5) is 5.95 Å². The summed E-state index contributed by atoms with van der Waals surface area (Å²) in [6.45, 7) is 10.0. The molecule has 0 spiro atoms. The zero-order chi connectivity index (χ0) is 19.9. The highest BCUT2D eigenvalue weighted by atomic mass is 32.2. The molecule has 1 N–H and O–H groups in total. The summed E-state index contributed by atoms with van der Waals surface area (Å²) in [5.41, 5.74) is 2.35. The van der Waals surface area contributed by atoms with E-state index in [9.17, 15) is 4.79 Å². The third-order valence-corrected chi connectivity index (χ3v) is 5.83. The molecule has 1 atom stereocenters. The summed E-state index contributed by atoms with van der Waals surface area (Å²) >= 11 is 1.43. The number of aromatic nitrogens is 3. The van der Waals surface area contributed by atoms with Crippen molar-refractivity contribution >= 4 is 23.6 Å². The zero-order valence-electron chi connectivity index (χ0n) is 16.9. The number of nitrogens with one attached hydrogen (secondary N) is 1. The van der Waals surface area contributed by atoms with E-state index in [1.54, 1.807) is 0 Å². The van der Waals surface area contributed by atoms with Crippen LogP contribution in [0.25, 0.3) is 0 Å². The number of carbonyl (C=O) groups excluding carboxylic acids is 1. The van der Waals surface area contributed by atoms with Crippen molar-refractivity contribution in [1.82, 2.24) is 20.1 Å².